The van der Waals surface area contributed by atoms with Crippen molar-refractivity contribution >= 4 is 6.09 Å². The summed E-state index contributed by atoms with van der Waals surface area (Å²) in [7, 11) is 0. The summed E-state index contributed by atoms with van der Waals surface area (Å²) in [5.74, 6) is -0.586. The van der Waals surface area contributed by atoms with E-state index in [1.807, 2.05) is 20.8 Å². The second-order valence-corrected chi connectivity index (χ2v) is 6.30. The summed E-state index contributed by atoms with van der Waals surface area (Å²) in [4.78, 5) is 13.4. The van der Waals surface area contributed by atoms with Crippen LogP contribution in [-0.4, -0.2) is 29.7 Å². The molecule has 1 unspecified atom stereocenters. The van der Waals surface area contributed by atoms with Crippen LogP contribution in [0.25, 0.3) is 0 Å². The molecule has 0 saturated carbocycles. The summed E-state index contributed by atoms with van der Waals surface area (Å²) in [6.45, 7) is 6.44. The molecule has 1 atom stereocenters. The zero-order chi connectivity index (χ0) is 15.6. The number of hydrogen-bond acceptors (Lipinski definition) is 3. The third-order valence-corrected chi connectivity index (χ3v) is 3.40. The minimum atomic E-state index is -0.520. The molecule has 0 aromatic heterocycles. The van der Waals surface area contributed by atoms with Gasteiger partial charge >= 0.3 is 6.09 Å². The van der Waals surface area contributed by atoms with Gasteiger partial charge in [0.05, 0.1) is 12.0 Å². The lowest BCUT2D eigenvalue weighted by atomic mass is 9.82. The van der Waals surface area contributed by atoms with Crippen molar-refractivity contribution in [3.63, 3.8) is 0 Å². The SMILES string of the molecule is CC(C)(C)OC(=O)N1CC(C(C#N)c2ccc(F)cc2)C1. The van der Waals surface area contributed by atoms with Crippen molar-refractivity contribution in [3.8, 4) is 6.07 Å². The third-order valence-electron chi connectivity index (χ3n) is 3.40. The molecule has 1 saturated heterocycles. The fraction of sp³-hybridized carbons (Fsp3) is 0.500. The Bertz CT molecular complexity index is 551. The van der Waals surface area contributed by atoms with E-state index in [-0.39, 0.29) is 23.7 Å². The van der Waals surface area contributed by atoms with E-state index in [4.69, 9.17) is 4.74 Å². The van der Waals surface area contributed by atoms with Gasteiger partial charge in [0, 0.05) is 19.0 Å². The minimum absolute atomic E-state index is 0.0629. The molecule has 4 nitrogen and oxygen atoms in total. The van der Waals surface area contributed by atoms with Gasteiger partial charge in [-0.05, 0) is 38.5 Å². The number of ether oxygens (including phenoxy) is 1. The van der Waals surface area contributed by atoms with Crippen molar-refractivity contribution in [2.75, 3.05) is 13.1 Å². The summed E-state index contributed by atoms with van der Waals surface area (Å²) in [5, 5.41) is 9.32. The van der Waals surface area contributed by atoms with Crippen LogP contribution in [0.2, 0.25) is 0 Å². The van der Waals surface area contributed by atoms with Crippen LogP contribution in [0.1, 0.15) is 32.3 Å². The molecule has 1 fully saturated rings. The molecule has 1 aromatic rings. The lowest BCUT2D eigenvalue weighted by molar-refractivity contribution is -0.00261. The summed E-state index contributed by atoms with van der Waals surface area (Å²) < 4.78 is 18.2. The normalized spacial score (nSPS) is 16.8. The van der Waals surface area contributed by atoms with E-state index >= 15 is 0 Å². The van der Waals surface area contributed by atoms with Crippen molar-refractivity contribution in [2.45, 2.75) is 32.3 Å². The maximum Gasteiger partial charge on any atom is 0.410 e. The number of rotatable bonds is 2. The average Bonchev–Trinajstić information content (AvgIpc) is 2.32. The van der Waals surface area contributed by atoms with Crippen molar-refractivity contribution in [3.05, 3.63) is 35.6 Å². The number of nitrogens with zero attached hydrogens (tertiary/aromatic N) is 2. The minimum Gasteiger partial charge on any atom is -0.444 e. The van der Waals surface area contributed by atoms with Crippen LogP contribution in [0.5, 0.6) is 0 Å². The second-order valence-electron chi connectivity index (χ2n) is 6.30. The van der Waals surface area contributed by atoms with Gasteiger partial charge < -0.3 is 9.64 Å². The maximum atomic E-state index is 12.9. The van der Waals surface area contributed by atoms with Gasteiger partial charge in [-0.3, -0.25) is 0 Å². The number of carbonyl (C=O) groups is 1. The second kappa shape index (κ2) is 5.72. The number of benzene rings is 1. The molecule has 5 heteroatoms. The highest BCUT2D eigenvalue weighted by Gasteiger charge is 2.38. The molecule has 1 heterocycles. The number of nitriles is 1. The summed E-state index contributed by atoms with van der Waals surface area (Å²) >= 11 is 0. The van der Waals surface area contributed by atoms with E-state index < -0.39 is 5.60 Å². The number of halogens is 1. The molecule has 1 aromatic carbocycles. The molecular weight excluding hydrogens is 271 g/mol. The maximum absolute atomic E-state index is 12.9. The molecule has 1 amide bonds. The molecule has 0 aliphatic carbocycles. The number of hydrogen-bond donors (Lipinski definition) is 0. The fourth-order valence-corrected chi connectivity index (χ4v) is 2.32. The standard InChI is InChI=1S/C16H19FN2O2/c1-16(2,3)21-15(20)19-9-12(10-19)14(8-18)11-4-6-13(17)7-5-11/h4-7,12,14H,9-10H2,1-3H3. The first kappa shape index (κ1) is 15.3. The van der Waals surface area contributed by atoms with Gasteiger partial charge in [-0.15, -0.1) is 0 Å². The molecule has 112 valence electrons. The van der Waals surface area contributed by atoms with Gasteiger partial charge in [0.15, 0.2) is 0 Å². The first-order valence-electron chi connectivity index (χ1n) is 6.93. The van der Waals surface area contributed by atoms with Gasteiger partial charge in [-0.2, -0.15) is 5.26 Å². The van der Waals surface area contributed by atoms with Crippen LogP contribution in [0.15, 0.2) is 24.3 Å². The van der Waals surface area contributed by atoms with Gasteiger partial charge in [-0.1, -0.05) is 12.1 Å². The molecule has 1 aliphatic heterocycles. The Balaban J connectivity index is 1.95. The largest absolute Gasteiger partial charge is 0.444 e. The van der Waals surface area contributed by atoms with Crippen molar-refractivity contribution < 1.29 is 13.9 Å². The molecule has 0 N–H and O–H groups in total. The van der Waals surface area contributed by atoms with Crippen molar-refractivity contribution in [1.82, 2.24) is 4.90 Å². The van der Waals surface area contributed by atoms with Crippen LogP contribution in [0, 0.1) is 23.1 Å². The van der Waals surface area contributed by atoms with E-state index in [1.54, 1.807) is 17.0 Å². The highest BCUT2D eigenvalue weighted by atomic mass is 19.1. The van der Waals surface area contributed by atoms with E-state index in [9.17, 15) is 14.4 Å². The highest BCUT2D eigenvalue weighted by Crippen LogP contribution is 2.32. The Labute approximate surface area is 124 Å². The van der Waals surface area contributed by atoms with Crippen molar-refractivity contribution in [2.24, 2.45) is 5.92 Å². The van der Waals surface area contributed by atoms with Crippen LogP contribution in [-0.2, 0) is 4.74 Å². The molecule has 0 radical (unpaired) electrons. The lowest BCUT2D eigenvalue weighted by Crippen LogP contribution is -2.53. The van der Waals surface area contributed by atoms with Gasteiger partial charge in [0.1, 0.15) is 11.4 Å². The van der Waals surface area contributed by atoms with Gasteiger partial charge in [-0.25, -0.2) is 9.18 Å². The van der Waals surface area contributed by atoms with Crippen LogP contribution in [0.4, 0.5) is 9.18 Å². The summed E-state index contributed by atoms with van der Waals surface area (Å²) in [5.41, 5.74) is 0.265. The summed E-state index contributed by atoms with van der Waals surface area (Å²) in [6, 6.07) is 8.20. The number of carbonyl (C=O) groups excluding carboxylic acids is 1. The van der Waals surface area contributed by atoms with E-state index in [0.29, 0.717) is 13.1 Å². The Morgan fingerprint density at radius 2 is 1.95 bits per heavy atom. The Kier molecular flexibility index (Phi) is 4.17. The number of amides is 1. The quantitative estimate of drug-likeness (QED) is 0.839. The third kappa shape index (κ3) is 3.72. The first-order valence-corrected chi connectivity index (χ1v) is 6.93. The van der Waals surface area contributed by atoms with Crippen LogP contribution < -0.4 is 0 Å². The van der Waals surface area contributed by atoms with E-state index in [0.717, 1.165) is 5.56 Å². The predicted octanol–water partition coefficient (Wildman–Crippen LogP) is 3.30. The Morgan fingerprint density at radius 1 is 1.38 bits per heavy atom. The smallest absolute Gasteiger partial charge is 0.410 e. The van der Waals surface area contributed by atoms with E-state index in [2.05, 4.69) is 6.07 Å². The Hall–Kier alpha value is -2.09. The molecule has 1 aliphatic rings. The van der Waals surface area contributed by atoms with E-state index in [1.165, 1.54) is 12.1 Å². The van der Waals surface area contributed by atoms with Gasteiger partial charge in [0.25, 0.3) is 0 Å². The predicted molar refractivity (Wildman–Crippen MR) is 76.1 cm³/mol. The summed E-state index contributed by atoms with van der Waals surface area (Å²) in [6.07, 6.45) is -0.352. The monoisotopic (exact) mass is 290 g/mol. The fourth-order valence-electron chi connectivity index (χ4n) is 2.32. The molecule has 21 heavy (non-hydrogen) atoms. The molecule has 0 bridgehead atoms. The van der Waals surface area contributed by atoms with Crippen LogP contribution >= 0.6 is 0 Å². The first-order chi connectivity index (χ1) is 9.80. The number of likely N-dealkylation sites (tertiary alicyclic amines) is 1. The zero-order valence-electron chi connectivity index (χ0n) is 12.5. The zero-order valence-corrected chi connectivity index (χ0v) is 12.5. The van der Waals surface area contributed by atoms with Crippen LogP contribution in [0.3, 0.4) is 0 Å². The highest BCUT2D eigenvalue weighted by molar-refractivity contribution is 5.69. The Morgan fingerprint density at radius 3 is 2.43 bits per heavy atom. The molecular formula is C16H19FN2O2. The lowest BCUT2D eigenvalue weighted by Gasteiger charge is -2.41. The van der Waals surface area contributed by atoms with Crippen molar-refractivity contribution in [1.29, 1.82) is 5.26 Å². The molecule has 0 spiro atoms. The average molecular weight is 290 g/mol. The topological polar surface area (TPSA) is 53.3 Å². The van der Waals surface area contributed by atoms with Gasteiger partial charge in [0.2, 0.25) is 0 Å². The molecule has 2 rings (SSSR count).